The third kappa shape index (κ3) is 5.88. The molecule has 8 nitrogen and oxygen atoms in total. The third-order valence-corrected chi connectivity index (χ3v) is 6.52. The first-order valence-corrected chi connectivity index (χ1v) is 12.0. The van der Waals surface area contributed by atoms with Crippen molar-refractivity contribution in [3.05, 3.63) is 72.1 Å². The normalized spacial score (nSPS) is 14.4. The van der Waals surface area contributed by atoms with Gasteiger partial charge in [0.25, 0.3) is 0 Å². The van der Waals surface area contributed by atoms with Crippen molar-refractivity contribution >= 4 is 28.0 Å². The Labute approximate surface area is 171 Å². The maximum absolute atomic E-state index is 9.28. The topological polar surface area (TPSA) is 128 Å². The molecule has 6 N–H and O–H groups in total. The van der Waals surface area contributed by atoms with E-state index in [0.717, 1.165) is 11.1 Å². The molecule has 1 aliphatic heterocycles. The van der Waals surface area contributed by atoms with Gasteiger partial charge in [-0.2, -0.15) is 0 Å². The van der Waals surface area contributed by atoms with Gasteiger partial charge in [-0.15, -0.1) is 0 Å². The van der Waals surface area contributed by atoms with E-state index in [-0.39, 0.29) is 22.8 Å². The van der Waals surface area contributed by atoms with Crippen molar-refractivity contribution in [3.8, 4) is 0 Å². The molecule has 1 heterocycles. The molecule has 2 aromatic rings. The van der Waals surface area contributed by atoms with E-state index in [4.69, 9.17) is 0 Å². The summed E-state index contributed by atoms with van der Waals surface area (Å²) in [7, 11) is -8.50. The SMILES string of the molecule is O[Si](O)(O)c1ccc(CN2C=CN(Cc3ccc([Si](O)(O)O)cc3)C2)cc1.[Cl-]. The summed E-state index contributed by atoms with van der Waals surface area (Å²) >= 11 is 0. The number of hydrogen-bond donors (Lipinski definition) is 6. The molecule has 0 fully saturated rings. The maximum Gasteiger partial charge on any atom is 0.528 e. The summed E-state index contributed by atoms with van der Waals surface area (Å²) in [5.41, 5.74) is 1.95. The van der Waals surface area contributed by atoms with Crippen LogP contribution >= 0.6 is 0 Å². The van der Waals surface area contributed by atoms with Crippen LogP contribution in [0.3, 0.4) is 0 Å². The highest BCUT2D eigenvalue weighted by molar-refractivity contribution is 6.71. The van der Waals surface area contributed by atoms with Crippen LogP contribution in [0.25, 0.3) is 0 Å². The molecule has 0 saturated carbocycles. The molecule has 28 heavy (non-hydrogen) atoms. The summed E-state index contributed by atoms with van der Waals surface area (Å²) < 4.78 is 0. The Morgan fingerprint density at radius 2 is 0.929 bits per heavy atom. The van der Waals surface area contributed by atoms with Crippen molar-refractivity contribution in [2.75, 3.05) is 6.67 Å². The highest BCUT2D eigenvalue weighted by atomic mass is 35.5. The van der Waals surface area contributed by atoms with Crippen molar-refractivity contribution < 1.29 is 41.2 Å². The first kappa shape index (κ1) is 22.6. The van der Waals surface area contributed by atoms with Crippen LogP contribution < -0.4 is 22.8 Å². The Kier molecular flexibility index (Phi) is 7.04. The lowest BCUT2D eigenvalue weighted by molar-refractivity contribution is -0.0000193. The van der Waals surface area contributed by atoms with Gasteiger partial charge < -0.3 is 51.0 Å². The van der Waals surface area contributed by atoms with Gasteiger partial charge in [-0.1, -0.05) is 48.5 Å². The molecule has 0 aliphatic carbocycles. The van der Waals surface area contributed by atoms with Crippen molar-refractivity contribution in [1.82, 2.24) is 9.80 Å². The lowest BCUT2D eigenvalue weighted by Crippen LogP contribution is -3.00. The molecule has 3 rings (SSSR count). The van der Waals surface area contributed by atoms with E-state index in [9.17, 15) is 28.8 Å². The molecule has 0 amide bonds. The van der Waals surface area contributed by atoms with Crippen LogP contribution in [-0.4, -0.2) is 62.9 Å². The fraction of sp³-hybridized carbons (Fsp3) is 0.176. The van der Waals surface area contributed by atoms with E-state index >= 15 is 0 Å². The smallest absolute Gasteiger partial charge is 0.528 e. The van der Waals surface area contributed by atoms with Gasteiger partial charge in [0.1, 0.15) is 0 Å². The summed E-state index contributed by atoms with van der Waals surface area (Å²) in [6, 6.07) is 13.1. The van der Waals surface area contributed by atoms with Gasteiger partial charge in [0.15, 0.2) is 0 Å². The van der Waals surface area contributed by atoms with Gasteiger partial charge >= 0.3 is 17.6 Å². The second-order valence-electron chi connectivity index (χ2n) is 6.60. The summed E-state index contributed by atoms with van der Waals surface area (Å²) in [5.74, 6) is 0. The monoisotopic (exact) mass is 441 g/mol. The molecule has 0 unspecified atom stereocenters. The predicted octanol–water partition coefficient (Wildman–Crippen LogP) is -5.32. The molecule has 1 aliphatic rings. The Bertz CT molecular complexity index is 739. The van der Waals surface area contributed by atoms with E-state index in [1.54, 1.807) is 24.3 Å². The molecule has 0 saturated heterocycles. The van der Waals surface area contributed by atoms with Crippen molar-refractivity contribution in [1.29, 1.82) is 0 Å². The van der Waals surface area contributed by atoms with Gasteiger partial charge in [0.2, 0.25) is 0 Å². The van der Waals surface area contributed by atoms with Crippen LogP contribution in [-0.2, 0) is 13.1 Å². The van der Waals surface area contributed by atoms with E-state index < -0.39 is 17.6 Å². The molecular weight excluding hydrogens is 420 g/mol. The van der Waals surface area contributed by atoms with Crippen molar-refractivity contribution in [2.24, 2.45) is 0 Å². The Morgan fingerprint density at radius 3 is 1.21 bits per heavy atom. The second-order valence-corrected chi connectivity index (χ2v) is 10.3. The maximum atomic E-state index is 9.28. The van der Waals surface area contributed by atoms with Crippen LogP contribution in [0.15, 0.2) is 60.9 Å². The van der Waals surface area contributed by atoms with Crippen LogP contribution in [0.2, 0.25) is 0 Å². The second kappa shape index (κ2) is 8.74. The summed E-state index contributed by atoms with van der Waals surface area (Å²) in [5, 5.41) is 0.294. The van der Waals surface area contributed by atoms with E-state index in [2.05, 4.69) is 9.80 Å². The van der Waals surface area contributed by atoms with Gasteiger partial charge in [0.05, 0.1) is 6.67 Å². The highest BCUT2D eigenvalue weighted by Crippen LogP contribution is 2.14. The number of benzene rings is 2. The first-order chi connectivity index (χ1) is 12.6. The molecule has 0 atom stereocenters. The summed E-state index contributed by atoms with van der Waals surface area (Å²) in [6.07, 6.45) is 3.91. The van der Waals surface area contributed by atoms with Gasteiger partial charge in [0, 0.05) is 35.9 Å². The summed E-state index contributed by atoms with van der Waals surface area (Å²) in [4.78, 5) is 59.9. The third-order valence-electron chi connectivity index (χ3n) is 4.31. The first-order valence-electron chi connectivity index (χ1n) is 8.31. The average Bonchev–Trinajstić information content (AvgIpc) is 3.01. The summed E-state index contributed by atoms with van der Waals surface area (Å²) in [6.45, 7) is 1.94. The van der Waals surface area contributed by atoms with Gasteiger partial charge in [-0.05, 0) is 11.1 Å². The minimum absolute atomic E-state index is 0. The fourth-order valence-electron chi connectivity index (χ4n) is 2.86. The molecule has 0 radical (unpaired) electrons. The van der Waals surface area contributed by atoms with Crippen molar-refractivity contribution in [3.63, 3.8) is 0 Å². The molecule has 11 heteroatoms. The number of rotatable bonds is 6. The number of halogens is 1. The number of hydrogen-bond acceptors (Lipinski definition) is 8. The molecule has 0 spiro atoms. The van der Waals surface area contributed by atoms with Crippen LogP contribution in [0.1, 0.15) is 11.1 Å². The van der Waals surface area contributed by atoms with Gasteiger partial charge in [-0.25, -0.2) is 0 Å². The lowest BCUT2D eigenvalue weighted by Gasteiger charge is -2.22. The largest absolute Gasteiger partial charge is 1.00 e. The van der Waals surface area contributed by atoms with E-state index in [1.807, 2.05) is 12.4 Å². The molecule has 2 aromatic carbocycles. The molecular formula is C17H22ClN2O6Si2-. The minimum atomic E-state index is -4.25. The van der Waals surface area contributed by atoms with E-state index in [0.29, 0.717) is 19.8 Å². The van der Waals surface area contributed by atoms with Crippen LogP contribution in [0.4, 0.5) is 0 Å². The molecule has 0 aromatic heterocycles. The zero-order valence-corrected chi connectivity index (χ0v) is 17.6. The molecule has 0 bridgehead atoms. The van der Waals surface area contributed by atoms with Crippen molar-refractivity contribution in [2.45, 2.75) is 13.1 Å². The Hall–Kier alpha value is -1.74. The quantitative estimate of drug-likeness (QED) is 0.245. The zero-order chi connectivity index (χ0) is 19.7. The Balaban J connectivity index is 0.00000280. The number of nitrogens with zero attached hydrogens (tertiary/aromatic N) is 2. The predicted molar refractivity (Wildman–Crippen MR) is 102 cm³/mol. The van der Waals surface area contributed by atoms with E-state index in [1.165, 1.54) is 24.3 Å². The molecule has 152 valence electrons. The lowest BCUT2D eigenvalue weighted by atomic mass is 10.2. The fourth-order valence-corrected chi connectivity index (χ4v) is 4.09. The zero-order valence-electron chi connectivity index (χ0n) is 14.9. The van der Waals surface area contributed by atoms with Gasteiger partial charge in [-0.3, -0.25) is 0 Å². The van der Waals surface area contributed by atoms with Crippen LogP contribution in [0.5, 0.6) is 0 Å². The average molecular weight is 442 g/mol. The van der Waals surface area contributed by atoms with Crippen LogP contribution in [0, 0.1) is 0 Å². The Morgan fingerprint density at radius 1 is 0.607 bits per heavy atom. The minimum Gasteiger partial charge on any atom is -1.00 e. The standard InChI is InChI=1S/C17H22N2O6Si2.ClH/c20-26(21,22)16-5-1-14(2-6-16)11-18-9-10-19(13-18)12-15-3-7-17(8-4-15)27(23,24)25;/h1-10,20-25H,11-13H2;1H/p-1. The highest BCUT2D eigenvalue weighted by Gasteiger charge is 2.30.